The van der Waals surface area contributed by atoms with Crippen LogP contribution in [0.4, 0.5) is 0 Å². The molecule has 9 rings (SSSR count). The van der Waals surface area contributed by atoms with Gasteiger partial charge in [0.15, 0.2) is 12.1 Å². The Balaban J connectivity index is 0.989. The lowest BCUT2D eigenvalue weighted by Crippen LogP contribution is -2.45. The summed E-state index contributed by atoms with van der Waals surface area (Å²) in [5, 5.41) is 3.68. The highest BCUT2D eigenvalue weighted by Crippen LogP contribution is 2.49. The number of likely N-dealkylation sites (tertiary alicyclic amines) is 1. The fraction of sp³-hybridized carbons (Fsp3) is 0.268. The second-order valence-corrected chi connectivity index (χ2v) is 13.2. The molecule has 7 atom stereocenters. The van der Waals surface area contributed by atoms with E-state index in [9.17, 15) is 0 Å². The number of hydrogen-bond acceptors (Lipinski definition) is 6. The van der Waals surface area contributed by atoms with Crippen molar-refractivity contribution >= 4 is 11.7 Å². The molecule has 2 aromatic rings. The van der Waals surface area contributed by atoms with Gasteiger partial charge in [-0.2, -0.15) is 0 Å². The average Bonchev–Trinajstić information content (AvgIpc) is 3.73. The zero-order valence-electron chi connectivity index (χ0n) is 26.6. The van der Waals surface area contributed by atoms with E-state index in [-0.39, 0.29) is 30.4 Å². The molecule has 0 radical (unpaired) electrons. The van der Waals surface area contributed by atoms with E-state index in [0.717, 1.165) is 53.5 Å². The van der Waals surface area contributed by atoms with Gasteiger partial charge in [-0.25, -0.2) is 9.98 Å². The fourth-order valence-electron chi connectivity index (χ4n) is 8.29. The molecule has 6 heteroatoms. The van der Waals surface area contributed by atoms with Crippen LogP contribution in [-0.2, 0) is 4.74 Å². The SMILES string of the molecule is CN1C(c2ccccc2)=NC(c2ccccc2)=NC1C1=CCC(N2C3C=CC=CC3C3C4=C(C=CC32)NC(C2=CCCC=C2)O4)C=C1. The van der Waals surface area contributed by atoms with Crippen LogP contribution in [0, 0.1) is 11.8 Å². The number of hydrogen-bond donors (Lipinski definition) is 1. The van der Waals surface area contributed by atoms with E-state index in [4.69, 9.17) is 14.7 Å². The minimum atomic E-state index is -0.160. The normalized spacial score (nSPS) is 32.1. The predicted octanol–water partition coefficient (Wildman–Crippen LogP) is 6.82. The predicted molar refractivity (Wildman–Crippen MR) is 188 cm³/mol. The van der Waals surface area contributed by atoms with Gasteiger partial charge in [0.1, 0.15) is 17.8 Å². The summed E-state index contributed by atoms with van der Waals surface area (Å²) in [4.78, 5) is 15.2. The van der Waals surface area contributed by atoms with Crippen LogP contribution in [-0.4, -0.2) is 59.0 Å². The van der Waals surface area contributed by atoms with Crippen molar-refractivity contribution in [2.75, 3.05) is 7.05 Å². The summed E-state index contributed by atoms with van der Waals surface area (Å²) in [7, 11) is 2.11. The third-order valence-corrected chi connectivity index (χ3v) is 10.5. The number of fused-ring (bicyclic) bond motifs is 4. The summed E-state index contributed by atoms with van der Waals surface area (Å²) in [6.45, 7) is 0. The van der Waals surface area contributed by atoms with Gasteiger partial charge in [0.05, 0.1) is 5.70 Å². The smallest absolute Gasteiger partial charge is 0.195 e. The molecule has 1 saturated heterocycles. The molecule has 4 aliphatic carbocycles. The lowest BCUT2D eigenvalue weighted by molar-refractivity contribution is 0.121. The van der Waals surface area contributed by atoms with Crippen LogP contribution in [0.25, 0.3) is 0 Å². The molecule has 0 saturated carbocycles. The molecular formula is C41H39N5O. The first kappa shape index (κ1) is 28.3. The second kappa shape index (κ2) is 11.7. The van der Waals surface area contributed by atoms with Gasteiger partial charge in [-0.3, -0.25) is 4.90 Å². The molecule has 7 aliphatic rings. The zero-order chi connectivity index (χ0) is 31.3. The highest BCUT2D eigenvalue weighted by molar-refractivity contribution is 6.13. The number of aliphatic imine (C=N–C) groups is 2. The topological polar surface area (TPSA) is 52.5 Å². The quantitative estimate of drug-likeness (QED) is 0.400. The summed E-state index contributed by atoms with van der Waals surface area (Å²) in [5.74, 6) is 3.47. The van der Waals surface area contributed by atoms with Crippen molar-refractivity contribution in [3.8, 4) is 0 Å². The maximum Gasteiger partial charge on any atom is 0.195 e. The van der Waals surface area contributed by atoms with Crippen molar-refractivity contribution in [1.29, 1.82) is 0 Å². The van der Waals surface area contributed by atoms with E-state index in [1.165, 1.54) is 11.1 Å². The standard InChI is InChI=1S/C41H39N5O/c1-45-39(28-15-7-3-8-16-28)43-38(27-13-5-2-6-14-27)44-40(45)29-21-23-31(24-22-29)46-34-20-12-11-19-32(34)36-35(46)26-25-33-37(36)47-41(42-33)30-17-9-4-10-18-30/h2-3,5-9,11-23,25-26,31-32,34-36,40-42H,4,10,24H2,1H3. The number of ether oxygens (including phenoxy) is 1. The Morgan fingerprint density at radius 3 is 2.36 bits per heavy atom. The van der Waals surface area contributed by atoms with Crippen molar-refractivity contribution < 1.29 is 4.74 Å². The first-order valence-electron chi connectivity index (χ1n) is 17.0. The third kappa shape index (κ3) is 4.90. The molecule has 3 aliphatic heterocycles. The van der Waals surface area contributed by atoms with Gasteiger partial charge in [0, 0.05) is 53.7 Å². The molecule has 2 aromatic carbocycles. The molecular weight excluding hydrogens is 578 g/mol. The Hall–Kier alpha value is -4.94. The number of nitrogens with zero attached hydrogens (tertiary/aromatic N) is 4. The van der Waals surface area contributed by atoms with E-state index >= 15 is 0 Å². The van der Waals surface area contributed by atoms with Crippen LogP contribution in [0.5, 0.6) is 0 Å². The van der Waals surface area contributed by atoms with Gasteiger partial charge in [-0.1, -0.05) is 127 Å². The fourth-order valence-corrected chi connectivity index (χ4v) is 8.29. The Kier molecular flexibility index (Phi) is 7.04. The van der Waals surface area contributed by atoms with Crippen molar-refractivity contribution in [2.24, 2.45) is 21.8 Å². The third-order valence-electron chi connectivity index (χ3n) is 10.5. The van der Waals surface area contributed by atoms with Gasteiger partial charge >= 0.3 is 0 Å². The molecule has 1 N–H and O–H groups in total. The minimum absolute atomic E-state index is 0.103. The Morgan fingerprint density at radius 1 is 0.787 bits per heavy atom. The van der Waals surface area contributed by atoms with Crippen molar-refractivity contribution in [2.45, 2.75) is 49.8 Å². The minimum Gasteiger partial charge on any atom is -0.468 e. The van der Waals surface area contributed by atoms with Gasteiger partial charge in [-0.15, -0.1) is 0 Å². The number of amidine groups is 2. The van der Waals surface area contributed by atoms with Crippen LogP contribution >= 0.6 is 0 Å². The number of benzene rings is 2. The monoisotopic (exact) mass is 617 g/mol. The molecule has 0 spiro atoms. The maximum atomic E-state index is 6.76. The summed E-state index contributed by atoms with van der Waals surface area (Å²) in [5.41, 5.74) is 5.70. The van der Waals surface area contributed by atoms with Crippen molar-refractivity contribution in [3.63, 3.8) is 0 Å². The molecule has 0 amide bonds. The highest BCUT2D eigenvalue weighted by atomic mass is 16.5. The largest absolute Gasteiger partial charge is 0.468 e. The van der Waals surface area contributed by atoms with E-state index in [1.807, 2.05) is 12.1 Å². The van der Waals surface area contributed by atoms with Gasteiger partial charge in [0.25, 0.3) is 0 Å². The molecule has 6 nitrogen and oxygen atoms in total. The highest BCUT2D eigenvalue weighted by Gasteiger charge is 2.53. The van der Waals surface area contributed by atoms with Crippen LogP contribution in [0.1, 0.15) is 30.4 Å². The van der Waals surface area contributed by atoms with Gasteiger partial charge in [0.2, 0.25) is 0 Å². The number of nitrogens with one attached hydrogen (secondary N) is 1. The van der Waals surface area contributed by atoms with Gasteiger partial charge < -0.3 is 15.0 Å². The molecule has 0 aromatic heterocycles. The Morgan fingerprint density at radius 2 is 1.60 bits per heavy atom. The van der Waals surface area contributed by atoms with E-state index in [1.54, 1.807) is 0 Å². The Bertz CT molecular complexity index is 1870. The van der Waals surface area contributed by atoms with Crippen molar-refractivity contribution in [3.05, 3.63) is 167 Å². The molecule has 0 bridgehead atoms. The maximum absolute atomic E-state index is 6.76. The average molecular weight is 618 g/mol. The molecule has 3 heterocycles. The number of likely N-dealkylation sites (N-methyl/N-ethyl adjacent to an activating group) is 1. The Labute approximate surface area is 276 Å². The molecule has 1 fully saturated rings. The van der Waals surface area contributed by atoms with Gasteiger partial charge in [-0.05, 0) is 30.9 Å². The van der Waals surface area contributed by atoms with Crippen LogP contribution in [0.2, 0.25) is 0 Å². The van der Waals surface area contributed by atoms with E-state index in [0.29, 0.717) is 12.0 Å². The summed E-state index contributed by atoms with van der Waals surface area (Å²) >= 11 is 0. The zero-order valence-corrected chi connectivity index (χ0v) is 26.6. The van der Waals surface area contributed by atoms with Crippen LogP contribution in [0.15, 0.2) is 166 Å². The second-order valence-electron chi connectivity index (χ2n) is 13.2. The first-order chi connectivity index (χ1) is 23.2. The number of rotatable bonds is 5. The molecule has 7 unspecified atom stereocenters. The molecule has 234 valence electrons. The number of allylic oxidation sites excluding steroid dienone is 5. The first-order valence-corrected chi connectivity index (χ1v) is 17.0. The summed E-state index contributed by atoms with van der Waals surface area (Å²) in [6.07, 6.45) is 30.6. The van der Waals surface area contributed by atoms with Crippen LogP contribution < -0.4 is 5.32 Å². The lowest BCUT2D eigenvalue weighted by Gasteiger charge is -2.38. The molecule has 47 heavy (non-hydrogen) atoms. The lowest BCUT2D eigenvalue weighted by atomic mass is 9.81. The van der Waals surface area contributed by atoms with Crippen LogP contribution in [0.3, 0.4) is 0 Å². The van der Waals surface area contributed by atoms with E-state index < -0.39 is 0 Å². The van der Waals surface area contributed by atoms with Crippen molar-refractivity contribution in [1.82, 2.24) is 15.1 Å². The van der Waals surface area contributed by atoms with E-state index in [2.05, 4.69) is 144 Å². The summed E-state index contributed by atoms with van der Waals surface area (Å²) in [6, 6.07) is 21.6. The summed E-state index contributed by atoms with van der Waals surface area (Å²) < 4.78 is 6.76.